The van der Waals surface area contributed by atoms with E-state index in [9.17, 15) is 0 Å². The first-order valence-corrected chi connectivity index (χ1v) is 5.74. The van der Waals surface area contributed by atoms with E-state index in [1.165, 1.54) is 32.1 Å². The van der Waals surface area contributed by atoms with Gasteiger partial charge >= 0.3 is 0 Å². The fourth-order valence-electron chi connectivity index (χ4n) is 1.18. The second-order valence-corrected chi connectivity index (χ2v) is 3.41. The lowest BCUT2D eigenvalue weighted by molar-refractivity contribution is 0.674. The second-order valence-electron chi connectivity index (χ2n) is 3.41. The highest BCUT2D eigenvalue weighted by molar-refractivity contribution is 5.56. The van der Waals surface area contributed by atoms with E-state index in [0.717, 1.165) is 13.1 Å². The third-order valence-corrected chi connectivity index (χ3v) is 2.03. The molecular formula is C12H24N2. The molecule has 14 heavy (non-hydrogen) atoms. The molecule has 1 aliphatic heterocycles. The maximum atomic E-state index is 3.85. The molecule has 0 fully saturated rings. The summed E-state index contributed by atoms with van der Waals surface area (Å²) in [6.45, 7) is 6.31. The van der Waals surface area contributed by atoms with Crippen molar-refractivity contribution in [3.8, 4) is 0 Å². The molecule has 0 saturated heterocycles. The number of unbranched alkanes of at least 4 members (excludes halogenated alkanes) is 4. The van der Waals surface area contributed by atoms with Gasteiger partial charge in [0.05, 0.1) is 12.9 Å². The highest BCUT2D eigenvalue weighted by Crippen LogP contribution is 2.02. The van der Waals surface area contributed by atoms with Crippen molar-refractivity contribution >= 4 is 6.34 Å². The van der Waals surface area contributed by atoms with Crippen LogP contribution in [0.3, 0.4) is 0 Å². The van der Waals surface area contributed by atoms with Gasteiger partial charge in [-0.25, -0.2) is 0 Å². The Hall–Kier alpha value is -0.790. The molecule has 1 rings (SSSR count). The van der Waals surface area contributed by atoms with E-state index in [-0.39, 0.29) is 0 Å². The molecule has 0 aromatic rings. The van der Waals surface area contributed by atoms with Gasteiger partial charge in [0.15, 0.2) is 0 Å². The molecule has 0 aromatic heterocycles. The zero-order valence-electron chi connectivity index (χ0n) is 9.63. The molecule has 2 nitrogen and oxygen atoms in total. The number of rotatable bonds is 5. The van der Waals surface area contributed by atoms with Crippen LogP contribution in [0.1, 0.15) is 46.0 Å². The Morgan fingerprint density at radius 2 is 2.21 bits per heavy atom. The van der Waals surface area contributed by atoms with Crippen LogP contribution < -0.4 is 5.32 Å². The fraction of sp³-hybridized carbons (Fsp3) is 0.750. The van der Waals surface area contributed by atoms with Crippen LogP contribution in [0.2, 0.25) is 0 Å². The van der Waals surface area contributed by atoms with E-state index >= 15 is 0 Å². The SMILES string of the molecule is C1=NCCN1.CC=CCCCCCC. The summed E-state index contributed by atoms with van der Waals surface area (Å²) < 4.78 is 0. The summed E-state index contributed by atoms with van der Waals surface area (Å²) >= 11 is 0. The van der Waals surface area contributed by atoms with Crippen molar-refractivity contribution < 1.29 is 0 Å². The summed E-state index contributed by atoms with van der Waals surface area (Å²) in [6, 6.07) is 0. The van der Waals surface area contributed by atoms with Crippen LogP contribution in [0.15, 0.2) is 17.1 Å². The standard InChI is InChI=1S/C9H18.C3H6N2/c1-3-5-7-9-8-6-4-2;1-2-5-3-4-1/h3,5H,4,6-9H2,1-2H3;3H,1-2H2,(H,4,5). The third kappa shape index (κ3) is 11.2. The van der Waals surface area contributed by atoms with Crippen molar-refractivity contribution in [2.24, 2.45) is 4.99 Å². The molecule has 0 saturated carbocycles. The molecule has 1 N–H and O–H groups in total. The Morgan fingerprint density at radius 3 is 2.64 bits per heavy atom. The van der Waals surface area contributed by atoms with E-state index in [4.69, 9.17) is 0 Å². The van der Waals surface area contributed by atoms with Crippen LogP contribution >= 0.6 is 0 Å². The molecule has 1 heterocycles. The molecule has 1 aliphatic rings. The topological polar surface area (TPSA) is 24.4 Å². The number of nitrogens with one attached hydrogen (secondary N) is 1. The normalized spacial score (nSPS) is 13.9. The molecule has 0 spiro atoms. The molecule has 0 aliphatic carbocycles. The smallest absolute Gasteiger partial charge is 0.0825 e. The van der Waals surface area contributed by atoms with Crippen LogP contribution in [0.25, 0.3) is 0 Å². The molecular weight excluding hydrogens is 172 g/mol. The van der Waals surface area contributed by atoms with Crippen molar-refractivity contribution in [1.29, 1.82) is 0 Å². The van der Waals surface area contributed by atoms with Crippen LogP contribution in [0.4, 0.5) is 0 Å². The predicted octanol–water partition coefficient (Wildman–Crippen LogP) is 3.15. The van der Waals surface area contributed by atoms with Gasteiger partial charge in [-0.2, -0.15) is 0 Å². The average molecular weight is 196 g/mol. The maximum absolute atomic E-state index is 3.85. The monoisotopic (exact) mass is 196 g/mol. The van der Waals surface area contributed by atoms with Gasteiger partial charge in [0.1, 0.15) is 0 Å². The molecule has 0 amide bonds. The number of allylic oxidation sites excluding steroid dienone is 2. The Bertz CT molecular complexity index is 144. The minimum absolute atomic E-state index is 0.958. The number of aliphatic imine (C=N–C) groups is 1. The zero-order valence-corrected chi connectivity index (χ0v) is 9.63. The van der Waals surface area contributed by atoms with Crippen LogP contribution in [0, 0.1) is 0 Å². The van der Waals surface area contributed by atoms with Gasteiger partial charge in [0, 0.05) is 6.54 Å². The van der Waals surface area contributed by atoms with Crippen molar-refractivity contribution in [1.82, 2.24) is 5.32 Å². The van der Waals surface area contributed by atoms with Crippen LogP contribution in [-0.2, 0) is 0 Å². The Morgan fingerprint density at radius 1 is 1.36 bits per heavy atom. The second kappa shape index (κ2) is 12.2. The number of nitrogens with zero attached hydrogens (tertiary/aromatic N) is 1. The fourth-order valence-corrected chi connectivity index (χ4v) is 1.18. The first kappa shape index (κ1) is 13.2. The van der Waals surface area contributed by atoms with Gasteiger partial charge in [0.25, 0.3) is 0 Å². The van der Waals surface area contributed by atoms with Gasteiger partial charge in [0.2, 0.25) is 0 Å². The summed E-state index contributed by atoms with van der Waals surface area (Å²) in [5.74, 6) is 0. The van der Waals surface area contributed by atoms with Gasteiger partial charge in [-0.3, -0.25) is 4.99 Å². The first-order chi connectivity index (χ1) is 6.91. The van der Waals surface area contributed by atoms with E-state index in [1.807, 2.05) is 0 Å². The number of hydrogen-bond acceptors (Lipinski definition) is 2. The summed E-state index contributed by atoms with van der Waals surface area (Å²) in [7, 11) is 0. The van der Waals surface area contributed by atoms with Crippen LogP contribution in [-0.4, -0.2) is 19.4 Å². The van der Waals surface area contributed by atoms with E-state index in [0.29, 0.717) is 0 Å². The van der Waals surface area contributed by atoms with E-state index < -0.39 is 0 Å². The zero-order chi connectivity index (χ0) is 10.5. The lowest BCUT2D eigenvalue weighted by Gasteiger charge is -1.92. The Balaban J connectivity index is 0.000000280. The largest absolute Gasteiger partial charge is 0.375 e. The number of hydrogen-bond donors (Lipinski definition) is 1. The van der Waals surface area contributed by atoms with Gasteiger partial charge in [-0.15, -0.1) is 0 Å². The summed E-state index contributed by atoms with van der Waals surface area (Å²) in [6.07, 6.45) is 12.9. The minimum Gasteiger partial charge on any atom is -0.375 e. The quantitative estimate of drug-likeness (QED) is 0.530. The maximum Gasteiger partial charge on any atom is 0.0825 e. The first-order valence-electron chi connectivity index (χ1n) is 5.74. The highest BCUT2D eigenvalue weighted by atomic mass is 15.0. The molecule has 2 heteroatoms. The molecule has 0 radical (unpaired) electrons. The third-order valence-electron chi connectivity index (χ3n) is 2.03. The van der Waals surface area contributed by atoms with Crippen LogP contribution in [0.5, 0.6) is 0 Å². The highest BCUT2D eigenvalue weighted by Gasteiger charge is 1.82. The minimum atomic E-state index is 0.958. The average Bonchev–Trinajstić information content (AvgIpc) is 2.76. The molecule has 0 unspecified atom stereocenters. The van der Waals surface area contributed by atoms with Crippen molar-refractivity contribution in [2.75, 3.05) is 13.1 Å². The Labute approximate surface area is 88.5 Å². The summed E-state index contributed by atoms with van der Waals surface area (Å²) in [5, 5.41) is 2.93. The predicted molar refractivity (Wildman–Crippen MR) is 64.9 cm³/mol. The van der Waals surface area contributed by atoms with Gasteiger partial charge in [-0.05, 0) is 19.8 Å². The van der Waals surface area contributed by atoms with E-state index in [2.05, 4.69) is 36.3 Å². The molecule has 0 bridgehead atoms. The lowest BCUT2D eigenvalue weighted by Crippen LogP contribution is -2.04. The van der Waals surface area contributed by atoms with Gasteiger partial charge < -0.3 is 5.32 Å². The summed E-state index contributed by atoms with van der Waals surface area (Å²) in [4.78, 5) is 3.85. The van der Waals surface area contributed by atoms with Crippen molar-refractivity contribution in [3.63, 3.8) is 0 Å². The molecule has 82 valence electrons. The molecule has 0 atom stereocenters. The Kier molecular flexibility index (Phi) is 11.5. The summed E-state index contributed by atoms with van der Waals surface area (Å²) in [5.41, 5.74) is 0. The van der Waals surface area contributed by atoms with Gasteiger partial charge in [-0.1, -0.05) is 38.3 Å². The van der Waals surface area contributed by atoms with Crippen molar-refractivity contribution in [3.05, 3.63) is 12.2 Å². The lowest BCUT2D eigenvalue weighted by atomic mass is 10.1. The molecule has 0 aromatic carbocycles. The van der Waals surface area contributed by atoms with Crippen molar-refractivity contribution in [2.45, 2.75) is 46.0 Å². The van der Waals surface area contributed by atoms with E-state index in [1.54, 1.807) is 6.34 Å².